The molecule has 0 N–H and O–H groups in total. The van der Waals surface area contributed by atoms with Gasteiger partial charge in [0.25, 0.3) is 0 Å². The van der Waals surface area contributed by atoms with E-state index in [0.717, 1.165) is 6.42 Å². The molecule has 0 saturated heterocycles. The first-order chi connectivity index (χ1) is 7.26. The quantitative estimate of drug-likeness (QED) is 0.674. The van der Waals surface area contributed by atoms with E-state index in [1.54, 1.807) is 18.9 Å². The summed E-state index contributed by atoms with van der Waals surface area (Å²) in [6.07, 6.45) is 0.781. The van der Waals surface area contributed by atoms with E-state index in [0.29, 0.717) is 6.54 Å². The van der Waals surface area contributed by atoms with Crippen LogP contribution in [0.3, 0.4) is 0 Å². The van der Waals surface area contributed by atoms with Gasteiger partial charge in [-0.2, -0.15) is 0 Å². The molecule has 94 valence electrons. The molecule has 0 aliphatic rings. The first-order valence-corrected chi connectivity index (χ1v) is 5.59. The molecule has 0 aliphatic heterocycles. The van der Waals surface area contributed by atoms with Crippen LogP contribution in [-0.4, -0.2) is 37.5 Å². The van der Waals surface area contributed by atoms with Crippen molar-refractivity contribution in [1.82, 2.24) is 4.90 Å². The van der Waals surface area contributed by atoms with E-state index in [1.807, 2.05) is 20.8 Å². The van der Waals surface area contributed by atoms with Crippen LogP contribution in [0.2, 0.25) is 0 Å². The zero-order valence-corrected chi connectivity index (χ0v) is 11.2. The van der Waals surface area contributed by atoms with Gasteiger partial charge in [0.05, 0.1) is 13.0 Å². The topological polar surface area (TPSA) is 46.6 Å². The number of amides is 1. The second-order valence-corrected chi connectivity index (χ2v) is 4.85. The van der Waals surface area contributed by atoms with E-state index < -0.39 is 0 Å². The van der Waals surface area contributed by atoms with Gasteiger partial charge in [0.1, 0.15) is 0 Å². The fraction of sp³-hybridized carbons (Fsp3) is 0.833. The molecule has 0 saturated carbocycles. The Hall–Kier alpha value is -1.06. The zero-order chi connectivity index (χ0) is 12.9. The van der Waals surface area contributed by atoms with Crippen molar-refractivity contribution in [3.8, 4) is 0 Å². The molecular weight excluding hydrogens is 206 g/mol. The molecule has 1 atom stereocenters. The number of hydrogen-bond acceptors (Lipinski definition) is 3. The maximum atomic E-state index is 12.0. The SMILES string of the molecule is CCC(C)(C)C(=O)N(C)CC(C)C(=O)OC. The minimum Gasteiger partial charge on any atom is -0.469 e. The molecule has 0 fully saturated rings. The Morgan fingerprint density at radius 2 is 1.88 bits per heavy atom. The molecule has 4 nitrogen and oxygen atoms in total. The highest BCUT2D eigenvalue weighted by Gasteiger charge is 2.29. The van der Waals surface area contributed by atoms with E-state index in [1.165, 1.54) is 7.11 Å². The maximum absolute atomic E-state index is 12.0. The summed E-state index contributed by atoms with van der Waals surface area (Å²) >= 11 is 0. The van der Waals surface area contributed by atoms with Gasteiger partial charge in [-0.3, -0.25) is 9.59 Å². The van der Waals surface area contributed by atoms with Crippen LogP contribution < -0.4 is 0 Å². The number of ether oxygens (including phenoxy) is 1. The van der Waals surface area contributed by atoms with Crippen molar-refractivity contribution in [1.29, 1.82) is 0 Å². The number of carbonyl (C=O) groups is 2. The molecule has 0 bridgehead atoms. The van der Waals surface area contributed by atoms with Crippen molar-refractivity contribution in [2.24, 2.45) is 11.3 Å². The van der Waals surface area contributed by atoms with Crippen molar-refractivity contribution in [2.45, 2.75) is 34.1 Å². The lowest BCUT2D eigenvalue weighted by Crippen LogP contribution is -2.41. The highest BCUT2D eigenvalue weighted by Crippen LogP contribution is 2.22. The second kappa shape index (κ2) is 5.87. The van der Waals surface area contributed by atoms with Crippen molar-refractivity contribution in [2.75, 3.05) is 20.7 Å². The summed E-state index contributed by atoms with van der Waals surface area (Å²) in [6.45, 7) is 7.96. The number of methoxy groups -OCH3 is 1. The highest BCUT2D eigenvalue weighted by atomic mass is 16.5. The molecule has 1 unspecified atom stereocenters. The molecule has 4 heteroatoms. The third-order valence-corrected chi connectivity index (χ3v) is 2.96. The number of esters is 1. The normalized spacial score (nSPS) is 13.1. The molecule has 0 aromatic heterocycles. The molecule has 0 aliphatic carbocycles. The summed E-state index contributed by atoms with van der Waals surface area (Å²) in [6, 6.07) is 0. The smallest absolute Gasteiger partial charge is 0.310 e. The average molecular weight is 229 g/mol. The molecule has 1 amide bonds. The molecule has 0 rings (SSSR count). The lowest BCUT2D eigenvalue weighted by atomic mass is 9.88. The fourth-order valence-electron chi connectivity index (χ4n) is 1.44. The zero-order valence-electron chi connectivity index (χ0n) is 11.2. The van der Waals surface area contributed by atoms with Gasteiger partial charge in [-0.05, 0) is 6.42 Å². The average Bonchev–Trinajstić information content (AvgIpc) is 2.26. The molecule has 0 heterocycles. The van der Waals surface area contributed by atoms with E-state index in [2.05, 4.69) is 4.74 Å². The monoisotopic (exact) mass is 229 g/mol. The Morgan fingerprint density at radius 3 is 2.25 bits per heavy atom. The molecule has 16 heavy (non-hydrogen) atoms. The van der Waals surface area contributed by atoms with Gasteiger partial charge in [0.15, 0.2) is 0 Å². The second-order valence-electron chi connectivity index (χ2n) is 4.85. The van der Waals surface area contributed by atoms with Crippen LogP contribution in [0.25, 0.3) is 0 Å². The predicted molar refractivity (Wildman–Crippen MR) is 62.9 cm³/mol. The minimum absolute atomic E-state index is 0.0609. The van der Waals surface area contributed by atoms with Gasteiger partial charge >= 0.3 is 5.97 Å². The van der Waals surface area contributed by atoms with Crippen LogP contribution in [0.1, 0.15) is 34.1 Å². The summed E-state index contributed by atoms with van der Waals surface area (Å²) in [5, 5.41) is 0. The van der Waals surface area contributed by atoms with Crippen LogP contribution in [-0.2, 0) is 14.3 Å². The van der Waals surface area contributed by atoms with Gasteiger partial charge in [-0.25, -0.2) is 0 Å². The van der Waals surface area contributed by atoms with Gasteiger partial charge in [-0.1, -0.05) is 27.7 Å². The van der Waals surface area contributed by atoms with Gasteiger partial charge in [0.2, 0.25) is 5.91 Å². The Labute approximate surface area is 98.0 Å². The number of hydrogen-bond donors (Lipinski definition) is 0. The van der Waals surface area contributed by atoms with Crippen molar-refractivity contribution in [3.05, 3.63) is 0 Å². The first-order valence-electron chi connectivity index (χ1n) is 5.59. The van der Waals surface area contributed by atoms with Crippen LogP contribution in [0.15, 0.2) is 0 Å². The summed E-state index contributed by atoms with van der Waals surface area (Å²) in [4.78, 5) is 24.8. The molecule has 0 radical (unpaired) electrons. The molecular formula is C12H23NO3. The third-order valence-electron chi connectivity index (χ3n) is 2.96. The van der Waals surface area contributed by atoms with Crippen LogP contribution in [0, 0.1) is 11.3 Å². The Morgan fingerprint density at radius 1 is 1.38 bits per heavy atom. The van der Waals surface area contributed by atoms with Crippen molar-refractivity contribution in [3.63, 3.8) is 0 Å². The summed E-state index contributed by atoms with van der Waals surface area (Å²) in [5.41, 5.74) is -0.370. The van der Waals surface area contributed by atoms with Crippen LogP contribution >= 0.6 is 0 Å². The van der Waals surface area contributed by atoms with E-state index in [4.69, 9.17) is 0 Å². The largest absolute Gasteiger partial charge is 0.469 e. The number of nitrogens with zero attached hydrogens (tertiary/aromatic N) is 1. The molecule has 0 spiro atoms. The Kier molecular flexibility index (Phi) is 5.48. The summed E-state index contributed by atoms with van der Waals surface area (Å²) in [7, 11) is 3.08. The van der Waals surface area contributed by atoms with E-state index in [-0.39, 0.29) is 23.2 Å². The fourth-order valence-corrected chi connectivity index (χ4v) is 1.44. The van der Waals surface area contributed by atoms with Crippen LogP contribution in [0.5, 0.6) is 0 Å². The minimum atomic E-state index is -0.370. The van der Waals surface area contributed by atoms with Gasteiger partial charge in [0, 0.05) is 19.0 Å². The molecule has 0 aromatic carbocycles. The van der Waals surface area contributed by atoms with Gasteiger partial charge in [-0.15, -0.1) is 0 Å². The standard InChI is InChI=1S/C12H23NO3/c1-7-12(3,4)11(15)13(5)8-9(2)10(14)16-6/h9H,7-8H2,1-6H3. The summed E-state index contributed by atoms with van der Waals surface area (Å²) in [5.74, 6) is -0.508. The predicted octanol–water partition coefficient (Wildman–Crippen LogP) is 1.69. The molecule has 0 aromatic rings. The summed E-state index contributed by atoms with van der Waals surface area (Å²) < 4.78 is 4.63. The van der Waals surface area contributed by atoms with Crippen molar-refractivity contribution >= 4 is 11.9 Å². The lowest BCUT2D eigenvalue weighted by molar-refractivity contribution is -0.147. The number of carbonyl (C=O) groups excluding carboxylic acids is 2. The van der Waals surface area contributed by atoms with Gasteiger partial charge < -0.3 is 9.64 Å². The van der Waals surface area contributed by atoms with E-state index >= 15 is 0 Å². The van der Waals surface area contributed by atoms with E-state index in [9.17, 15) is 9.59 Å². The third kappa shape index (κ3) is 3.83. The first kappa shape index (κ1) is 14.9. The van der Waals surface area contributed by atoms with Crippen LogP contribution in [0.4, 0.5) is 0 Å². The lowest BCUT2D eigenvalue weighted by Gasteiger charge is -2.29. The Bertz CT molecular complexity index is 261. The Balaban J connectivity index is 4.42. The maximum Gasteiger partial charge on any atom is 0.310 e. The highest BCUT2D eigenvalue weighted by molar-refractivity contribution is 5.82. The number of rotatable bonds is 5. The van der Waals surface area contributed by atoms with Crippen molar-refractivity contribution < 1.29 is 14.3 Å².